The van der Waals surface area contributed by atoms with Gasteiger partial charge in [-0.15, -0.1) is 0 Å². The molecule has 4 atom stereocenters. The van der Waals surface area contributed by atoms with Gasteiger partial charge < -0.3 is 38.6 Å². The Morgan fingerprint density at radius 3 is 2.26 bits per heavy atom. The summed E-state index contributed by atoms with van der Waals surface area (Å²) in [5, 5.41) is 23.0. The van der Waals surface area contributed by atoms with Crippen molar-refractivity contribution < 1.29 is 48.1 Å². The molecule has 5 heterocycles. The zero-order valence-corrected chi connectivity index (χ0v) is 35.6. The second-order valence-corrected chi connectivity index (χ2v) is 17.6. The number of nitro groups is 1. The molecule has 1 N–H and O–H groups in total. The maximum absolute atomic E-state index is 14.0. The highest BCUT2D eigenvalue weighted by molar-refractivity contribution is 8.76. The minimum Gasteiger partial charge on any atom is -0.493 e. The molecule has 2 aromatic carbocycles. The molecule has 0 spiro atoms. The number of fused-ring (bicyclic) bond motifs is 4. The summed E-state index contributed by atoms with van der Waals surface area (Å²) in [6, 6.07) is 8.46. The summed E-state index contributed by atoms with van der Waals surface area (Å²) < 4.78 is 29.2. The van der Waals surface area contributed by atoms with Crippen molar-refractivity contribution in [3.63, 3.8) is 0 Å². The lowest BCUT2D eigenvalue weighted by Gasteiger charge is -2.31. The highest BCUT2D eigenvalue weighted by Gasteiger charge is 2.46. The normalized spacial score (nSPS) is 19.7. The fourth-order valence-electron chi connectivity index (χ4n) is 7.48. The molecule has 0 bridgehead atoms. The van der Waals surface area contributed by atoms with Gasteiger partial charge in [0.05, 0.1) is 66.9 Å². The first-order chi connectivity index (χ1) is 29.4. The number of ether oxygens (including phenoxy) is 5. The number of hydrogen-bond donors (Lipinski definition) is 1. The number of hydrogen-bond acceptors (Lipinski definition) is 15. The molecule has 17 nitrogen and oxygen atoms in total. The van der Waals surface area contributed by atoms with Crippen molar-refractivity contribution in [3.05, 3.63) is 88.1 Å². The fourth-order valence-corrected chi connectivity index (χ4v) is 9.34. The van der Waals surface area contributed by atoms with E-state index in [0.29, 0.717) is 66.6 Å². The second-order valence-electron chi connectivity index (χ2n) is 14.9. The lowest BCUT2D eigenvalue weighted by atomic mass is 10.1. The molecular weight excluding hydrogens is 829 g/mol. The van der Waals surface area contributed by atoms with Gasteiger partial charge in [0, 0.05) is 42.8 Å². The van der Waals surface area contributed by atoms with Crippen LogP contribution in [0.5, 0.6) is 23.0 Å². The minimum absolute atomic E-state index is 0.0525. The third kappa shape index (κ3) is 9.43. The first-order valence-corrected chi connectivity index (χ1v) is 21.8. The van der Waals surface area contributed by atoms with Crippen LogP contribution >= 0.6 is 21.6 Å². The van der Waals surface area contributed by atoms with Crippen LogP contribution in [-0.2, 0) is 4.74 Å². The van der Waals surface area contributed by atoms with Gasteiger partial charge in [0.15, 0.2) is 29.2 Å². The predicted molar refractivity (Wildman–Crippen MR) is 230 cm³/mol. The smallest absolute Gasteiger partial charge is 0.416 e. The van der Waals surface area contributed by atoms with Crippen molar-refractivity contribution in [2.45, 2.75) is 67.6 Å². The molecular formula is C42H46N6O11S2. The van der Waals surface area contributed by atoms with E-state index < -0.39 is 29.2 Å². The Morgan fingerprint density at radius 2 is 1.59 bits per heavy atom. The van der Waals surface area contributed by atoms with Crippen LogP contribution < -0.4 is 23.8 Å². The largest absolute Gasteiger partial charge is 0.493 e. The number of nitrogens with zero attached hydrogens (tertiary/aromatic N) is 6. The standard InChI is InChI=1S/C42H46N6O11S2/c1-24-13-28-20-43-31-17-36(34(55-4)15-29(31)39(49)45(28)21-24)57-11-7-6-8-12-58-37-18-32-30(16-35(37)56-5)40(50)46-22-25(2)14-33(46)41(51)47(32)42(52)59-23-26(3)60-61-38-10-9-27(19-44-38)48(53)54/h9-10,15-20,26,28,33,41,51H,1-2,6-8,11-14,21-23H2,3-5H3/t26-,28+,33+,41+/m1/s1. The summed E-state index contributed by atoms with van der Waals surface area (Å²) in [4.78, 5) is 64.6. The summed E-state index contributed by atoms with van der Waals surface area (Å²) in [7, 11) is 5.61. The number of pyridine rings is 1. The number of aromatic nitrogens is 1. The van der Waals surface area contributed by atoms with Crippen LogP contribution in [0.2, 0.25) is 0 Å². The number of unbranched alkanes of at least 4 members (excludes halogenated alkanes) is 2. The highest BCUT2D eigenvalue weighted by Crippen LogP contribution is 2.43. The average molecular weight is 875 g/mol. The van der Waals surface area contributed by atoms with Gasteiger partial charge >= 0.3 is 6.09 Å². The number of methoxy groups -OCH3 is 2. The van der Waals surface area contributed by atoms with Crippen molar-refractivity contribution in [1.29, 1.82) is 0 Å². The average Bonchev–Trinajstić information content (AvgIpc) is 3.79. The van der Waals surface area contributed by atoms with Crippen LogP contribution in [0.1, 0.15) is 59.7 Å². The van der Waals surface area contributed by atoms with Gasteiger partial charge in [0.25, 0.3) is 17.5 Å². The molecule has 61 heavy (non-hydrogen) atoms. The molecule has 7 rings (SSSR count). The van der Waals surface area contributed by atoms with E-state index in [-0.39, 0.29) is 65.4 Å². The van der Waals surface area contributed by atoms with Gasteiger partial charge in [-0.05, 0) is 68.0 Å². The Labute approximate surface area is 360 Å². The minimum atomic E-state index is -1.46. The van der Waals surface area contributed by atoms with E-state index in [1.54, 1.807) is 23.2 Å². The number of anilines is 1. The van der Waals surface area contributed by atoms with Crippen LogP contribution in [-0.4, -0.2) is 120 Å². The van der Waals surface area contributed by atoms with Crippen molar-refractivity contribution in [3.8, 4) is 23.0 Å². The van der Waals surface area contributed by atoms with E-state index in [2.05, 4.69) is 23.1 Å². The number of benzene rings is 2. The maximum Gasteiger partial charge on any atom is 0.416 e. The Bertz CT molecular complexity index is 2260. The van der Waals surface area contributed by atoms with E-state index in [1.807, 2.05) is 6.92 Å². The van der Waals surface area contributed by atoms with E-state index in [4.69, 9.17) is 23.7 Å². The molecule has 322 valence electrons. The first-order valence-electron chi connectivity index (χ1n) is 19.6. The van der Waals surface area contributed by atoms with Gasteiger partial charge in [-0.1, -0.05) is 35.1 Å². The lowest BCUT2D eigenvalue weighted by molar-refractivity contribution is -0.385. The molecule has 0 saturated carbocycles. The Morgan fingerprint density at radius 1 is 0.934 bits per heavy atom. The number of aliphatic hydroxyl groups is 1. The molecule has 19 heteroatoms. The molecule has 0 unspecified atom stereocenters. The van der Waals surface area contributed by atoms with E-state index in [1.165, 1.54) is 71.2 Å². The van der Waals surface area contributed by atoms with Crippen LogP contribution in [0.4, 0.5) is 21.9 Å². The number of aliphatic imine (C=N–C) groups is 1. The lowest BCUT2D eigenvalue weighted by Crippen LogP contribution is -2.51. The molecule has 0 radical (unpaired) electrons. The van der Waals surface area contributed by atoms with Crippen molar-refractivity contribution in [2.75, 3.05) is 52.0 Å². The van der Waals surface area contributed by atoms with Gasteiger partial charge in [0.1, 0.15) is 17.8 Å². The van der Waals surface area contributed by atoms with E-state index >= 15 is 0 Å². The summed E-state index contributed by atoms with van der Waals surface area (Å²) in [6.45, 7) is 11.2. The van der Waals surface area contributed by atoms with Crippen molar-refractivity contribution >= 4 is 62.8 Å². The second kappa shape index (κ2) is 18.9. The molecule has 3 amide bonds. The SMILES string of the molecule is C=C1C[C@H]2C=Nc3cc(OCCCCCOc4cc5c(cc4OC)C(=O)N4CC(=C)C[C@H]4[C@H](O)N5C(=O)OC[C@@H](C)SSc4ccc([N+](=O)[O-])cn4)c(OC)cc3C(=O)N2C1. The van der Waals surface area contributed by atoms with Gasteiger partial charge in [-0.25, -0.2) is 14.7 Å². The number of carbonyl (C=O) groups is 3. The van der Waals surface area contributed by atoms with Gasteiger partial charge in [0.2, 0.25) is 0 Å². The number of amides is 3. The fraction of sp³-hybridized carbons (Fsp3) is 0.405. The highest BCUT2D eigenvalue weighted by atomic mass is 33.1. The van der Waals surface area contributed by atoms with Crippen LogP contribution in [0.15, 0.2) is 76.9 Å². The van der Waals surface area contributed by atoms with Gasteiger partial charge in [-0.2, -0.15) is 0 Å². The summed E-state index contributed by atoms with van der Waals surface area (Å²) >= 11 is 0. The number of carbonyl (C=O) groups excluding carboxylic acids is 3. The first kappa shape index (κ1) is 43.3. The quantitative estimate of drug-likeness (QED) is 0.0508. The topological polar surface area (TPSA) is 196 Å². The monoisotopic (exact) mass is 874 g/mol. The summed E-state index contributed by atoms with van der Waals surface area (Å²) in [5.41, 5.74) is 2.84. The van der Waals surface area contributed by atoms with E-state index in [0.717, 1.165) is 22.5 Å². The molecule has 3 aromatic rings. The molecule has 1 aromatic heterocycles. The molecule has 4 aliphatic rings. The third-order valence-electron chi connectivity index (χ3n) is 10.6. The third-order valence-corrected chi connectivity index (χ3v) is 13.3. The zero-order valence-electron chi connectivity index (χ0n) is 33.9. The van der Waals surface area contributed by atoms with Crippen LogP contribution in [0.25, 0.3) is 0 Å². The molecule has 2 saturated heterocycles. The maximum atomic E-state index is 14.0. The summed E-state index contributed by atoms with van der Waals surface area (Å²) in [6.07, 6.45) is 3.65. The van der Waals surface area contributed by atoms with Gasteiger partial charge in [-0.3, -0.25) is 24.7 Å². The predicted octanol–water partition coefficient (Wildman–Crippen LogP) is 7.00. The Balaban J connectivity index is 0.976. The van der Waals surface area contributed by atoms with Crippen molar-refractivity contribution in [1.82, 2.24) is 14.8 Å². The summed E-state index contributed by atoms with van der Waals surface area (Å²) in [5.74, 6) is 0.954. The zero-order chi connectivity index (χ0) is 43.4. The number of rotatable bonds is 16. The van der Waals surface area contributed by atoms with Crippen molar-refractivity contribution in [2.24, 2.45) is 4.99 Å². The molecule has 0 aliphatic carbocycles. The molecule has 4 aliphatic heterocycles. The number of aliphatic hydroxyl groups excluding tert-OH is 1. The van der Waals surface area contributed by atoms with Crippen LogP contribution in [0.3, 0.4) is 0 Å². The van der Waals surface area contributed by atoms with Crippen LogP contribution in [0, 0.1) is 10.1 Å². The van der Waals surface area contributed by atoms with E-state index in [9.17, 15) is 29.6 Å². The molecule has 2 fully saturated rings. The Hall–Kier alpha value is -5.79. The Kier molecular flexibility index (Phi) is 13.4.